The molecule has 10 heteroatoms. The molecule has 2 amide bonds. The lowest BCUT2D eigenvalue weighted by Gasteiger charge is -2.32. The highest BCUT2D eigenvalue weighted by Crippen LogP contribution is 2.22. The minimum Gasteiger partial charge on any atom is -0.469 e. The minimum absolute atomic E-state index is 0.144. The number of ether oxygens (including phenoxy) is 1. The number of hydrogen-bond acceptors (Lipinski definition) is 6. The highest BCUT2D eigenvalue weighted by atomic mass is 35.5. The van der Waals surface area contributed by atoms with Crippen molar-refractivity contribution in [3.63, 3.8) is 0 Å². The van der Waals surface area contributed by atoms with E-state index in [2.05, 4.69) is 21.5 Å². The Morgan fingerprint density at radius 3 is 2.33 bits per heavy atom. The van der Waals surface area contributed by atoms with E-state index in [1.54, 1.807) is 48.5 Å². The molecule has 1 aliphatic heterocycles. The fourth-order valence-electron chi connectivity index (χ4n) is 4.23. The van der Waals surface area contributed by atoms with Crippen LogP contribution in [0.1, 0.15) is 44.7 Å². The van der Waals surface area contributed by atoms with Crippen molar-refractivity contribution in [1.29, 1.82) is 5.41 Å². The number of methoxy groups -OCH3 is 1. The van der Waals surface area contributed by atoms with E-state index in [0.29, 0.717) is 59.3 Å². The molecular weight excluding hydrogens is 518 g/mol. The zero-order valence-corrected chi connectivity index (χ0v) is 21.9. The third-order valence-electron chi connectivity index (χ3n) is 6.41. The van der Waals surface area contributed by atoms with Gasteiger partial charge in [0, 0.05) is 36.0 Å². The lowest BCUT2D eigenvalue weighted by molar-refractivity contribution is -0.146. The van der Waals surface area contributed by atoms with Gasteiger partial charge in [-0.1, -0.05) is 29.7 Å². The zero-order chi connectivity index (χ0) is 27.9. The molecule has 0 aliphatic carbocycles. The van der Waals surface area contributed by atoms with Crippen molar-refractivity contribution in [3.05, 3.63) is 88.1 Å². The Morgan fingerprint density at radius 2 is 1.72 bits per heavy atom. The van der Waals surface area contributed by atoms with Gasteiger partial charge in [-0.15, -0.1) is 6.42 Å². The number of terminal acetylenes is 1. The molecule has 0 bridgehead atoms. The topological polar surface area (TPSA) is 124 Å². The standard InChI is InChI=1S/C29H26ClN5O4/c1-3-18-4-10-24(23(16-18)28(37)34-25-11-9-22(30)17-32-25)33-27(36)20-7-5-19(6-8-20)26(31)35-14-12-21(13-15-35)29(38)39-2/h1,4-11,16-17,21,31H,12-15H2,2H3,(H,33,36)(H,32,34,37). The summed E-state index contributed by atoms with van der Waals surface area (Å²) in [6.07, 6.45) is 8.17. The summed E-state index contributed by atoms with van der Waals surface area (Å²) in [6, 6.07) is 14.5. The number of pyridine rings is 1. The van der Waals surface area contributed by atoms with Gasteiger partial charge in [-0.25, -0.2) is 4.98 Å². The SMILES string of the molecule is C#Cc1ccc(NC(=O)c2ccc(C(=N)N3CCC(C(=O)OC)CC3)cc2)c(C(=O)Nc2ccc(Cl)cn2)c1. The number of anilines is 2. The van der Waals surface area contributed by atoms with E-state index in [9.17, 15) is 14.4 Å². The Hall–Kier alpha value is -4.68. The fourth-order valence-corrected chi connectivity index (χ4v) is 4.34. The van der Waals surface area contributed by atoms with Crippen LogP contribution in [-0.4, -0.2) is 53.7 Å². The number of benzene rings is 2. The van der Waals surface area contributed by atoms with Crippen LogP contribution in [0.15, 0.2) is 60.8 Å². The first-order valence-electron chi connectivity index (χ1n) is 12.2. The fraction of sp³-hybridized carbons (Fsp3) is 0.207. The summed E-state index contributed by atoms with van der Waals surface area (Å²) in [5, 5.41) is 14.4. The number of aromatic nitrogens is 1. The highest BCUT2D eigenvalue weighted by Gasteiger charge is 2.27. The number of carbonyl (C=O) groups is 3. The van der Waals surface area contributed by atoms with E-state index in [1.165, 1.54) is 19.4 Å². The Bertz CT molecular complexity index is 1440. The molecule has 0 unspecified atom stereocenters. The van der Waals surface area contributed by atoms with Gasteiger partial charge in [-0.2, -0.15) is 0 Å². The van der Waals surface area contributed by atoms with Crippen molar-refractivity contribution in [2.45, 2.75) is 12.8 Å². The largest absolute Gasteiger partial charge is 0.469 e. The summed E-state index contributed by atoms with van der Waals surface area (Å²) in [6.45, 7) is 1.15. The quantitative estimate of drug-likeness (QED) is 0.183. The number of likely N-dealkylation sites (tertiary alicyclic amines) is 1. The number of nitrogens with zero attached hydrogens (tertiary/aromatic N) is 2. The Kier molecular flexibility index (Phi) is 8.59. The first kappa shape index (κ1) is 27.4. The van der Waals surface area contributed by atoms with Crippen molar-refractivity contribution in [2.24, 2.45) is 5.92 Å². The third-order valence-corrected chi connectivity index (χ3v) is 6.64. The van der Waals surface area contributed by atoms with Gasteiger partial charge in [0.2, 0.25) is 0 Å². The second-order valence-corrected chi connectivity index (χ2v) is 9.32. The summed E-state index contributed by atoms with van der Waals surface area (Å²) in [5.74, 6) is 1.81. The summed E-state index contributed by atoms with van der Waals surface area (Å²) in [5.41, 5.74) is 1.92. The number of carbonyl (C=O) groups excluding carboxylic acids is 3. The third kappa shape index (κ3) is 6.61. The number of esters is 1. The zero-order valence-electron chi connectivity index (χ0n) is 21.2. The molecule has 9 nitrogen and oxygen atoms in total. The number of piperidine rings is 1. The Morgan fingerprint density at radius 1 is 1.03 bits per heavy atom. The lowest BCUT2D eigenvalue weighted by Crippen LogP contribution is -2.40. The van der Waals surface area contributed by atoms with Crippen molar-refractivity contribution in [3.8, 4) is 12.3 Å². The molecule has 4 rings (SSSR count). The predicted octanol–water partition coefficient (Wildman–Crippen LogP) is 4.43. The lowest BCUT2D eigenvalue weighted by atomic mass is 9.96. The van der Waals surface area contributed by atoms with E-state index in [1.807, 2.05) is 4.90 Å². The van der Waals surface area contributed by atoms with Gasteiger partial charge in [0.25, 0.3) is 11.8 Å². The molecule has 39 heavy (non-hydrogen) atoms. The molecule has 198 valence electrons. The second kappa shape index (κ2) is 12.2. The maximum Gasteiger partial charge on any atom is 0.308 e. The van der Waals surface area contributed by atoms with E-state index in [0.717, 1.165) is 0 Å². The smallest absolute Gasteiger partial charge is 0.308 e. The molecule has 3 aromatic rings. The van der Waals surface area contributed by atoms with Crippen LogP contribution in [0.3, 0.4) is 0 Å². The number of halogens is 1. The molecule has 2 aromatic carbocycles. The number of amidine groups is 1. The van der Waals surface area contributed by atoms with Crippen LogP contribution in [-0.2, 0) is 9.53 Å². The first-order chi connectivity index (χ1) is 18.8. The molecule has 1 fully saturated rings. The van der Waals surface area contributed by atoms with Crippen molar-refractivity contribution < 1.29 is 19.1 Å². The van der Waals surface area contributed by atoms with Crippen LogP contribution < -0.4 is 10.6 Å². The molecule has 1 aromatic heterocycles. The van der Waals surface area contributed by atoms with Crippen molar-refractivity contribution in [2.75, 3.05) is 30.8 Å². The summed E-state index contributed by atoms with van der Waals surface area (Å²) < 4.78 is 4.82. The maximum atomic E-state index is 13.0. The molecular formula is C29H26ClN5O4. The number of nitrogens with one attached hydrogen (secondary N) is 3. The minimum atomic E-state index is -0.503. The Balaban J connectivity index is 1.44. The van der Waals surface area contributed by atoms with Gasteiger partial charge in [-0.3, -0.25) is 19.8 Å². The average molecular weight is 544 g/mol. The van der Waals surface area contributed by atoms with Gasteiger partial charge >= 0.3 is 5.97 Å². The second-order valence-electron chi connectivity index (χ2n) is 8.89. The molecule has 3 N–H and O–H groups in total. The van der Waals surface area contributed by atoms with Gasteiger partial charge in [-0.05, 0) is 55.3 Å². The van der Waals surface area contributed by atoms with Crippen LogP contribution in [0.4, 0.5) is 11.5 Å². The van der Waals surface area contributed by atoms with Gasteiger partial charge in [0.15, 0.2) is 0 Å². The summed E-state index contributed by atoms with van der Waals surface area (Å²) >= 11 is 5.86. The molecule has 0 saturated carbocycles. The first-order valence-corrected chi connectivity index (χ1v) is 12.5. The van der Waals surface area contributed by atoms with Crippen LogP contribution in [0.25, 0.3) is 0 Å². The van der Waals surface area contributed by atoms with Gasteiger partial charge in [0.1, 0.15) is 11.7 Å². The number of amides is 2. The molecule has 2 heterocycles. The molecule has 0 spiro atoms. The van der Waals surface area contributed by atoms with Crippen molar-refractivity contribution in [1.82, 2.24) is 9.88 Å². The molecule has 1 saturated heterocycles. The summed E-state index contributed by atoms with van der Waals surface area (Å²) in [4.78, 5) is 43.8. The monoisotopic (exact) mass is 543 g/mol. The maximum absolute atomic E-state index is 13.0. The van der Waals surface area contributed by atoms with Gasteiger partial charge < -0.3 is 20.3 Å². The van der Waals surface area contributed by atoms with Crippen molar-refractivity contribution >= 4 is 46.7 Å². The number of rotatable bonds is 6. The number of hydrogen-bond donors (Lipinski definition) is 3. The van der Waals surface area contributed by atoms with Crippen LogP contribution in [0, 0.1) is 23.7 Å². The van der Waals surface area contributed by atoms with Crippen LogP contribution in [0.2, 0.25) is 5.02 Å². The molecule has 0 atom stereocenters. The van der Waals surface area contributed by atoms with E-state index < -0.39 is 11.8 Å². The van der Waals surface area contributed by atoms with E-state index >= 15 is 0 Å². The van der Waals surface area contributed by atoms with E-state index in [-0.39, 0.29) is 23.1 Å². The Labute approximate surface area is 231 Å². The predicted molar refractivity (Wildman–Crippen MR) is 149 cm³/mol. The van der Waals surface area contributed by atoms with Gasteiger partial charge in [0.05, 0.1) is 29.3 Å². The highest BCUT2D eigenvalue weighted by molar-refractivity contribution is 6.30. The molecule has 1 aliphatic rings. The van der Waals surface area contributed by atoms with Crippen LogP contribution in [0.5, 0.6) is 0 Å². The van der Waals surface area contributed by atoms with Crippen LogP contribution >= 0.6 is 11.6 Å². The average Bonchev–Trinajstić information content (AvgIpc) is 2.97. The summed E-state index contributed by atoms with van der Waals surface area (Å²) in [7, 11) is 1.38. The van der Waals surface area contributed by atoms with E-state index in [4.69, 9.17) is 28.2 Å². The molecule has 0 radical (unpaired) electrons. The normalized spacial score (nSPS) is 13.2.